The Kier molecular flexibility index (Phi) is 6.99. The molecule has 0 aliphatic heterocycles. The average molecular weight is 414 g/mol. The van der Waals surface area contributed by atoms with Crippen molar-refractivity contribution in [1.29, 1.82) is 5.26 Å². The highest BCUT2D eigenvalue weighted by atomic mass is 79.9. The van der Waals surface area contributed by atoms with Gasteiger partial charge in [-0.05, 0) is 79.4 Å². The van der Waals surface area contributed by atoms with Gasteiger partial charge in [-0.15, -0.1) is 0 Å². The summed E-state index contributed by atoms with van der Waals surface area (Å²) in [4.78, 5) is 11.8. The van der Waals surface area contributed by atoms with Crippen LogP contribution in [0.1, 0.15) is 29.2 Å². The number of nitriles is 1. The summed E-state index contributed by atoms with van der Waals surface area (Å²) in [6, 6.07) is 13.5. The van der Waals surface area contributed by atoms with Crippen molar-refractivity contribution in [2.75, 3.05) is 6.61 Å². The van der Waals surface area contributed by atoms with Gasteiger partial charge in [-0.25, -0.2) is 4.79 Å². The maximum Gasteiger partial charge on any atom is 0.348 e. The lowest BCUT2D eigenvalue weighted by Gasteiger charge is -2.12. The van der Waals surface area contributed by atoms with E-state index in [4.69, 9.17) is 9.47 Å². The highest BCUT2D eigenvalue weighted by Gasteiger charge is 2.12. The lowest BCUT2D eigenvalue weighted by molar-refractivity contribution is -0.137. The van der Waals surface area contributed by atoms with Gasteiger partial charge in [0.1, 0.15) is 24.0 Å². The van der Waals surface area contributed by atoms with Crippen LogP contribution in [0.3, 0.4) is 0 Å². The van der Waals surface area contributed by atoms with Crippen LogP contribution < -0.4 is 4.74 Å². The van der Waals surface area contributed by atoms with Gasteiger partial charge in [0.2, 0.25) is 0 Å². The van der Waals surface area contributed by atoms with Crippen molar-refractivity contribution in [3.05, 3.63) is 68.7 Å². The maximum absolute atomic E-state index is 11.8. The fraction of sp³-hybridized carbons (Fsp3) is 0.238. The smallest absolute Gasteiger partial charge is 0.348 e. The molecule has 0 atom stereocenters. The van der Waals surface area contributed by atoms with Gasteiger partial charge in [-0.2, -0.15) is 5.26 Å². The second-order valence-electron chi connectivity index (χ2n) is 5.77. The number of carbonyl (C=O) groups is 1. The van der Waals surface area contributed by atoms with Gasteiger partial charge in [0, 0.05) is 4.47 Å². The van der Waals surface area contributed by atoms with Crippen LogP contribution in [0.25, 0.3) is 6.08 Å². The monoisotopic (exact) mass is 413 g/mol. The van der Waals surface area contributed by atoms with Gasteiger partial charge in [0.15, 0.2) is 0 Å². The Hall–Kier alpha value is -2.58. The van der Waals surface area contributed by atoms with Gasteiger partial charge in [-0.3, -0.25) is 0 Å². The molecule has 0 heterocycles. The van der Waals surface area contributed by atoms with Crippen LogP contribution in [0.15, 0.2) is 46.4 Å². The van der Waals surface area contributed by atoms with Gasteiger partial charge in [-0.1, -0.05) is 22.0 Å². The van der Waals surface area contributed by atoms with Crippen molar-refractivity contribution >= 4 is 28.0 Å². The highest BCUT2D eigenvalue weighted by Crippen LogP contribution is 2.22. The molecule has 0 N–H and O–H groups in total. The first kappa shape index (κ1) is 19.7. The quantitative estimate of drug-likeness (QED) is 0.374. The lowest BCUT2D eigenvalue weighted by atomic mass is 9.98. The number of nitrogens with zero attached hydrogens (tertiary/aromatic N) is 1. The predicted octanol–water partition coefficient (Wildman–Crippen LogP) is 5.12. The van der Waals surface area contributed by atoms with E-state index >= 15 is 0 Å². The normalized spacial score (nSPS) is 11.0. The van der Waals surface area contributed by atoms with Crippen LogP contribution in [0.5, 0.6) is 5.75 Å². The van der Waals surface area contributed by atoms with Gasteiger partial charge in [0.25, 0.3) is 0 Å². The van der Waals surface area contributed by atoms with Crippen molar-refractivity contribution in [3.63, 3.8) is 0 Å². The summed E-state index contributed by atoms with van der Waals surface area (Å²) in [5.74, 6) is 0.164. The Morgan fingerprint density at radius 3 is 2.50 bits per heavy atom. The molecular weight excluding hydrogens is 394 g/mol. The highest BCUT2D eigenvalue weighted by molar-refractivity contribution is 9.10. The Morgan fingerprint density at radius 2 is 1.88 bits per heavy atom. The summed E-state index contributed by atoms with van der Waals surface area (Å²) in [5, 5.41) is 9.23. The molecule has 0 saturated heterocycles. The summed E-state index contributed by atoms with van der Waals surface area (Å²) >= 11 is 3.40. The fourth-order valence-corrected chi connectivity index (χ4v) is 2.68. The third-order valence-corrected chi connectivity index (χ3v) is 4.38. The second kappa shape index (κ2) is 9.21. The first-order chi connectivity index (χ1) is 12.4. The molecule has 4 nitrogen and oxygen atoms in total. The third kappa shape index (κ3) is 5.21. The van der Waals surface area contributed by atoms with Crippen molar-refractivity contribution in [3.8, 4) is 11.8 Å². The standard InChI is InChI=1S/C21H20BrNO3/c1-4-25-21(24)17(12-23)10-16-11-18(15(3)9-14(16)2)13-26-20-7-5-19(22)6-8-20/h5-11H,4,13H2,1-3H3/b17-10-. The molecule has 0 saturated carbocycles. The van der Waals surface area contributed by atoms with Crippen LogP contribution >= 0.6 is 15.9 Å². The number of ether oxygens (including phenoxy) is 2. The second-order valence-corrected chi connectivity index (χ2v) is 6.68. The predicted molar refractivity (Wildman–Crippen MR) is 105 cm³/mol. The first-order valence-electron chi connectivity index (χ1n) is 8.22. The van der Waals surface area contributed by atoms with Crippen LogP contribution in [0, 0.1) is 25.2 Å². The van der Waals surface area contributed by atoms with E-state index in [1.165, 1.54) is 0 Å². The minimum absolute atomic E-state index is 0.0152. The van der Waals surface area contributed by atoms with Crippen LogP contribution in [-0.2, 0) is 16.1 Å². The summed E-state index contributed by atoms with van der Waals surface area (Å²) in [7, 11) is 0. The molecule has 0 amide bonds. The number of hydrogen-bond donors (Lipinski definition) is 0. The van der Waals surface area contributed by atoms with Crippen molar-refractivity contribution < 1.29 is 14.3 Å². The first-order valence-corrected chi connectivity index (χ1v) is 9.01. The third-order valence-electron chi connectivity index (χ3n) is 3.85. The summed E-state index contributed by atoms with van der Waals surface area (Å²) < 4.78 is 11.8. The van der Waals surface area contributed by atoms with Crippen LogP contribution in [0.2, 0.25) is 0 Å². The molecule has 2 aromatic carbocycles. The van der Waals surface area contributed by atoms with E-state index in [1.54, 1.807) is 13.0 Å². The van der Waals surface area contributed by atoms with Crippen LogP contribution in [0.4, 0.5) is 0 Å². The molecule has 2 aromatic rings. The number of rotatable bonds is 6. The molecule has 0 spiro atoms. The Labute approximate surface area is 162 Å². The molecule has 0 radical (unpaired) electrons. The van der Waals surface area contributed by atoms with Crippen molar-refractivity contribution in [2.24, 2.45) is 0 Å². The van der Waals surface area contributed by atoms with Gasteiger partial charge < -0.3 is 9.47 Å². The number of halogens is 1. The lowest BCUT2D eigenvalue weighted by Crippen LogP contribution is -2.06. The van der Waals surface area contributed by atoms with E-state index in [-0.39, 0.29) is 12.2 Å². The van der Waals surface area contributed by atoms with Gasteiger partial charge >= 0.3 is 5.97 Å². The SMILES string of the molecule is CCOC(=O)/C(C#N)=C\c1cc(COc2ccc(Br)cc2)c(C)cc1C. The minimum Gasteiger partial charge on any atom is -0.489 e. The number of esters is 1. The van der Waals surface area contributed by atoms with Crippen molar-refractivity contribution in [2.45, 2.75) is 27.4 Å². The number of carbonyl (C=O) groups excluding carboxylic acids is 1. The fourth-order valence-electron chi connectivity index (χ4n) is 2.42. The summed E-state index contributed by atoms with van der Waals surface area (Å²) in [6.07, 6.45) is 1.57. The number of aryl methyl sites for hydroxylation is 2. The Balaban J connectivity index is 2.26. The number of benzene rings is 2. The molecule has 0 aliphatic carbocycles. The minimum atomic E-state index is -0.609. The molecule has 0 aromatic heterocycles. The molecule has 5 heteroatoms. The van der Waals surface area contributed by atoms with Crippen LogP contribution in [-0.4, -0.2) is 12.6 Å². The van der Waals surface area contributed by atoms with E-state index < -0.39 is 5.97 Å². The van der Waals surface area contributed by atoms with E-state index in [0.29, 0.717) is 6.61 Å². The van der Waals surface area contributed by atoms with Gasteiger partial charge in [0.05, 0.1) is 6.61 Å². The van der Waals surface area contributed by atoms with E-state index in [1.807, 2.05) is 56.3 Å². The molecule has 0 fully saturated rings. The average Bonchev–Trinajstić information content (AvgIpc) is 2.61. The maximum atomic E-state index is 11.8. The zero-order valence-corrected chi connectivity index (χ0v) is 16.6. The molecule has 0 bridgehead atoms. The molecular formula is C21H20BrNO3. The zero-order chi connectivity index (χ0) is 19.1. The van der Waals surface area contributed by atoms with E-state index in [9.17, 15) is 10.1 Å². The topological polar surface area (TPSA) is 59.3 Å². The molecule has 26 heavy (non-hydrogen) atoms. The molecule has 134 valence electrons. The van der Waals surface area contributed by atoms with E-state index in [0.717, 1.165) is 32.5 Å². The largest absolute Gasteiger partial charge is 0.489 e. The summed E-state index contributed by atoms with van der Waals surface area (Å²) in [6.45, 7) is 6.30. The molecule has 0 aliphatic rings. The molecule has 2 rings (SSSR count). The Bertz CT molecular complexity index is 864. The van der Waals surface area contributed by atoms with Crippen molar-refractivity contribution in [1.82, 2.24) is 0 Å². The van der Waals surface area contributed by atoms with E-state index in [2.05, 4.69) is 15.9 Å². The Morgan fingerprint density at radius 1 is 1.19 bits per heavy atom. The zero-order valence-electron chi connectivity index (χ0n) is 15.0. The molecule has 0 unspecified atom stereocenters. The number of hydrogen-bond acceptors (Lipinski definition) is 4. The summed E-state index contributed by atoms with van der Waals surface area (Å²) in [5.41, 5.74) is 3.84.